The molecule has 0 radical (unpaired) electrons. The predicted molar refractivity (Wildman–Crippen MR) is 90.8 cm³/mol. The average Bonchev–Trinajstić information content (AvgIpc) is 2.42. The Morgan fingerprint density at radius 1 is 0.762 bits per heavy atom. The third-order valence-corrected chi connectivity index (χ3v) is 4.01. The minimum Gasteiger partial charge on any atom is -0.391 e. The summed E-state index contributed by atoms with van der Waals surface area (Å²) in [4.78, 5) is 0. The van der Waals surface area contributed by atoms with E-state index in [1.54, 1.807) is 6.08 Å². The second-order valence-corrected chi connectivity index (χ2v) is 7.45. The van der Waals surface area contributed by atoms with Crippen LogP contribution in [-0.2, 0) is 14.3 Å². The molecule has 0 aliphatic heterocycles. The summed E-state index contributed by atoms with van der Waals surface area (Å²) in [6.07, 6.45) is 21.1. The van der Waals surface area contributed by atoms with Gasteiger partial charge in [0.25, 0.3) is 0 Å². The van der Waals surface area contributed by atoms with Crippen LogP contribution >= 0.6 is 0 Å². The van der Waals surface area contributed by atoms with Crippen molar-refractivity contribution in [2.45, 2.75) is 90.4 Å². The lowest BCUT2D eigenvalue weighted by molar-refractivity contribution is 0.447. The zero-order chi connectivity index (χ0) is 15.8. The smallest absolute Gasteiger partial charge is 0.305 e. The number of hydrogen-bond acceptors (Lipinski definition) is 3. The first-order valence-corrected chi connectivity index (χ1v) is 10.4. The van der Waals surface area contributed by atoms with Crippen LogP contribution in [0.5, 0.6) is 0 Å². The van der Waals surface area contributed by atoms with Crippen molar-refractivity contribution in [3.05, 3.63) is 12.3 Å². The normalized spacial score (nSPS) is 12.1. The lowest BCUT2D eigenvalue weighted by Gasteiger charge is -2.02. The van der Waals surface area contributed by atoms with Crippen molar-refractivity contribution in [3.8, 4) is 0 Å². The molecule has 21 heavy (non-hydrogen) atoms. The van der Waals surface area contributed by atoms with Gasteiger partial charge < -0.3 is 4.18 Å². The highest BCUT2D eigenvalue weighted by molar-refractivity contribution is 7.86. The quantitative estimate of drug-likeness (QED) is 0.225. The van der Waals surface area contributed by atoms with E-state index in [1.807, 2.05) is 0 Å². The van der Waals surface area contributed by atoms with Crippen LogP contribution in [-0.4, -0.2) is 14.7 Å². The summed E-state index contributed by atoms with van der Waals surface area (Å²) in [5.74, 6) is 0. The minimum absolute atomic E-state index is 0.896. The molecule has 0 rings (SSSR count). The van der Waals surface area contributed by atoms with E-state index in [-0.39, 0.29) is 0 Å². The first kappa shape index (κ1) is 20.5. The van der Waals surface area contributed by atoms with E-state index in [1.165, 1.54) is 76.9 Å². The van der Waals surface area contributed by atoms with Gasteiger partial charge in [0, 0.05) is 0 Å². The molecule has 0 aliphatic carbocycles. The van der Waals surface area contributed by atoms with Crippen molar-refractivity contribution in [2.24, 2.45) is 0 Å². The van der Waals surface area contributed by atoms with Gasteiger partial charge in [0.1, 0.15) is 6.26 Å². The van der Waals surface area contributed by atoms with Crippen molar-refractivity contribution >= 4 is 10.1 Å². The fourth-order valence-corrected chi connectivity index (χ4v) is 2.59. The average molecular weight is 319 g/mol. The standard InChI is InChI=1S/C17H34O3S/c1-3-4-5-6-7-8-9-10-11-12-13-14-15-16-17-20-21(2,18)19/h16-17H,3-15H2,1-2H3. The summed E-state index contributed by atoms with van der Waals surface area (Å²) in [5, 5.41) is 0. The molecule has 0 amide bonds. The van der Waals surface area contributed by atoms with Crippen molar-refractivity contribution in [2.75, 3.05) is 6.26 Å². The maximum Gasteiger partial charge on any atom is 0.305 e. The zero-order valence-electron chi connectivity index (χ0n) is 14.0. The van der Waals surface area contributed by atoms with Gasteiger partial charge in [0.2, 0.25) is 0 Å². The van der Waals surface area contributed by atoms with Crippen molar-refractivity contribution in [3.63, 3.8) is 0 Å². The van der Waals surface area contributed by atoms with Gasteiger partial charge in [-0.1, -0.05) is 77.6 Å². The number of unbranched alkanes of at least 4 members (excludes halogenated alkanes) is 12. The molecule has 0 aromatic rings. The van der Waals surface area contributed by atoms with Gasteiger partial charge in [-0.05, 0) is 18.9 Å². The Balaban J connectivity index is 3.12. The lowest BCUT2D eigenvalue weighted by atomic mass is 10.0. The monoisotopic (exact) mass is 318 g/mol. The molecule has 0 atom stereocenters. The Bertz CT molecular complexity index is 334. The van der Waals surface area contributed by atoms with Crippen LogP contribution in [0.2, 0.25) is 0 Å². The van der Waals surface area contributed by atoms with Crippen LogP contribution in [0.15, 0.2) is 12.3 Å². The Labute approximate surface area is 132 Å². The largest absolute Gasteiger partial charge is 0.391 e. The molecule has 4 heteroatoms. The first-order chi connectivity index (χ1) is 10.1. The Morgan fingerprint density at radius 2 is 1.19 bits per heavy atom. The molecule has 0 heterocycles. The van der Waals surface area contributed by atoms with Crippen LogP contribution in [0.1, 0.15) is 90.4 Å². The topological polar surface area (TPSA) is 43.4 Å². The van der Waals surface area contributed by atoms with E-state index in [0.717, 1.165) is 19.1 Å². The Morgan fingerprint density at radius 3 is 1.62 bits per heavy atom. The Hall–Kier alpha value is -0.510. The highest BCUT2D eigenvalue weighted by Gasteiger charge is 1.95. The summed E-state index contributed by atoms with van der Waals surface area (Å²) in [7, 11) is -3.33. The molecule has 0 fully saturated rings. The van der Waals surface area contributed by atoms with Crippen molar-refractivity contribution in [1.29, 1.82) is 0 Å². The molecular weight excluding hydrogens is 284 g/mol. The number of hydrogen-bond donors (Lipinski definition) is 0. The molecule has 0 saturated carbocycles. The van der Waals surface area contributed by atoms with Gasteiger partial charge in [-0.15, -0.1) is 0 Å². The van der Waals surface area contributed by atoms with Crippen LogP contribution in [0.4, 0.5) is 0 Å². The summed E-state index contributed by atoms with van der Waals surface area (Å²) < 4.78 is 25.9. The molecule has 3 nitrogen and oxygen atoms in total. The molecule has 126 valence electrons. The van der Waals surface area contributed by atoms with Gasteiger partial charge in [0.15, 0.2) is 0 Å². The molecule has 0 unspecified atom stereocenters. The highest BCUT2D eigenvalue weighted by Crippen LogP contribution is 2.12. The van der Waals surface area contributed by atoms with E-state index in [0.29, 0.717) is 0 Å². The minimum atomic E-state index is -3.33. The van der Waals surface area contributed by atoms with Crippen molar-refractivity contribution in [1.82, 2.24) is 0 Å². The third kappa shape index (κ3) is 19.5. The fraction of sp³-hybridized carbons (Fsp3) is 0.882. The summed E-state index contributed by atoms with van der Waals surface area (Å²) in [5.41, 5.74) is 0. The second kappa shape index (κ2) is 14.4. The molecule has 0 bridgehead atoms. The molecule has 0 aromatic heterocycles. The SMILES string of the molecule is CCCCCCCCCCCCCCC=COS(C)(=O)=O. The van der Waals surface area contributed by atoms with E-state index in [4.69, 9.17) is 0 Å². The van der Waals surface area contributed by atoms with E-state index >= 15 is 0 Å². The second-order valence-electron chi connectivity index (χ2n) is 5.85. The molecule has 0 aromatic carbocycles. The van der Waals surface area contributed by atoms with Crippen molar-refractivity contribution < 1.29 is 12.6 Å². The van der Waals surface area contributed by atoms with Crippen LogP contribution in [0, 0.1) is 0 Å². The van der Waals surface area contributed by atoms with Gasteiger partial charge in [-0.2, -0.15) is 8.42 Å². The zero-order valence-corrected chi connectivity index (χ0v) is 14.8. The third-order valence-electron chi connectivity index (χ3n) is 3.55. The van der Waals surface area contributed by atoms with Gasteiger partial charge in [0.05, 0.1) is 6.26 Å². The van der Waals surface area contributed by atoms with E-state index < -0.39 is 10.1 Å². The molecule has 0 saturated heterocycles. The predicted octanol–water partition coefficient (Wildman–Crippen LogP) is 5.57. The van der Waals surface area contributed by atoms with Crippen LogP contribution in [0.25, 0.3) is 0 Å². The molecule has 0 N–H and O–H groups in total. The lowest BCUT2D eigenvalue weighted by Crippen LogP contribution is -1.95. The summed E-state index contributed by atoms with van der Waals surface area (Å²) in [6.45, 7) is 2.26. The van der Waals surface area contributed by atoms with E-state index in [2.05, 4.69) is 11.1 Å². The molecule has 0 spiro atoms. The molecule has 0 aliphatic rings. The maximum absolute atomic E-state index is 10.7. The summed E-state index contributed by atoms with van der Waals surface area (Å²) in [6, 6.07) is 0. The van der Waals surface area contributed by atoms with Crippen LogP contribution in [0.3, 0.4) is 0 Å². The van der Waals surface area contributed by atoms with E-state index in [9.17, 15) is 8.42 Å². The van der Waals surface area contributed by atoms with Gasteiger partial charge in [-0.25, -0.2) is 0 Å². The van der Waals surface area contributed by atoms with Gasteiger partial charge in [-0.3, -0.25) is 0 Å². The number of rotatable bonds is 15. The van der Waals surface area contributed by atoms with Gasteiger partial charge >= 0.3 is 10.1 Å². The highest BCUT2D eigenvalue weighted by atomic mass is 32.2. The summed E-state index contributed by atoms with van der Waals surface area (Å²) >= 11 is 0. The van der Waals surface area contributed by atoms with Crippen LogP contribution < -0.4 is 0 Å². The first-order valence-electron chi connectivity index (χ1n) is 8.59. The fourth-order valence-electron chi connectivity index (χ4n) is 2.31. The maximum atomic E-state index is 10.7. The number of allylic oxidation sites excluding steroid dienone is 1. The Kier molecular flexibility index (Phi) is 14.1. The molecular formula is C17H34O3S.